The molecule has 0 bridgehead atoms. The average molecular weight is 369 g/mol. The maximum absolute atomic E-state index is 12.9. The molecule has 0 aliphatic heterocycles. The highest BCUT2D eigenvalue weighted by Crippen LogP contribution is 2.28. The summed E-state index contributed by atoms with van der Waals surface area (Å²) in [5, 5.41) is 9.29. The lowest BCUT2D eigenvalue weighted by Crippen LogP contribution is -2.32. The van der Waals surface area contributed by atoms with E-state index in [0.29, 0.717) is 5.69 Å². The van der Waals surface area contributed by atoms with Gasteiger partial charge in [-0.15, -0.1) is 0 Å². The van der Waals surface area contributed by atoms with Gasteiger partial charge in [-0.05, 0) is 37.3 Å². The van der Waals surface area contributed by atoms with Gasteiger partial charge in [0.1, 0.15) is 0 Å². The summed E-state index contributed by atoms with van der Waals surface area (Å²) >= 11 is 11.8. The van der Waals surface area contributed by atoms with E-state index < -0.39 is 10.0 Å². The van der Waals surface area contributed by atoms with Gasteiger partial charge in [-0.25, -0.2) is 8.42 Å². The first-order valence-corrected chi connectivity index (χ1v) is 8.96. The Morgan fingerprint density at radius 2 is 1.65 bits per heavy atom. The number of rotatable bonds is 5. The number of aryl methyl sites for hydroxylation is 1. The SMILES string of the molecule is Cc1ccc(N(CCC#N)S(=O)(=O)c2cc(Cl)cc(Cl)c2)cc1. The van der Waals surface area contributed by atoms with Crippen molar-refractivity contribution in [2.45, 2.75) is 18.2 Å². The van der Waals surface area contributed by atoms with E-state index in [1.54, 1.807) is 12.1 Å². The topological polar surface area (TPSA) is 61.2 Å². The molecular formula is C16H14Cl2N2O2S. The van der Waals surface area contributed by atoms with E-state index in [4.69, 9.17) is 28.5 Å². The van der Waals surface area contributed by atoms with Gasteiger partial charge in [-0.2, -0.15) is 5.26 Å². The average Bonchev–Trinajstić information content (AvgIpc) is 2.48. The van der Waals surface area contributed by atoms with Crippen molar-refractivity contribution in [3.05, 3.63) is 58.1 Å². The first kappa shape index (κ1) is 17.6. The van der Waals surface area contributed by atoms with Crippen molar-refractivity contribution in [1.29, 1.82) is 5.26 Å². The smallest absolute Gasteiger partial charge is 0.264 e. The number of nitriles is 1. The largest absolute Gasteiger partial charge is 0.265 e. The van der Waals surface area contributed by atoms with Crippen molar-refractivity contribution in [2.24, 2.45) is 0 Å². The molecule has 2 aromatic carbocycles. The Hall–Kier alpha value is -1.74. The Morgan fingerprint density at radius 3 is 2.17 bits per heavy atom. The molecule has 0 N–H and O–H groups in total. The minimum Gasteiger partial charge on any atom is -0.265 e. The number of hydrogen-bond donors (Lipinski definition) is 0. The molecular weight excluding hydrogens is 355 g/mol. The number of nitrogens with zero attached hydrogens (tertiary/aromatic N) is 2. The molecule has 23 heavy (non-hydrogen) atoms. The van der Waals surface area contributed by atoms with E-state index in [2.05, 4.69) is 0 Å². The van der Waals surface area contributed by atoms with Crippen LogP contribution in [0.2, 0.25) is 10.0 Å². The first-order chi connectivity index (χ1) is 10.8. The maximum atomic E-state index is 12.9. The van der Waals surface area contributed by atoms with E-state index in [-0.39, 0.29) is 27.9 Å². The van der Waals surface area contributed by atoms with E-state index in [1.807, 2.05) is 25.1 Å². The summed E-state index contributed by atoms with van der Waals surface area (Å²) in [6.07, 6.45) is 0.0708. The fourth-order valence-electron chi connectivity index (χ4n) is 2.06. The molecule has 4 nitrogen and oxygen atoms in total. The molecule has 0 heterocycles. The lowest BCUT2D eigenvalue weighted by molar-refractivity contribution is 0.591. The van der Waals surface area contributed by atoms with Crippen LogP contribution in [-0.2, 0) is 10.0 Å². The molecule has 0 fully saturated rings. The summed E-state index contributed by atoms with van der Waals surface area (Å²) in [5.41, 5.74) is 1.50. The van der Waals surface area contributed by atoms with Crippen molar-refractivity contribution < 1.29 is 8.42 Å². The Kier molecular flexibility index (Phi) is 5.53. The zero-order chi connectivity index (χ0) is 17.0. The third-order valence-electron chi connectivity index (χ3n) is 3.17. The molecule has 0 amide bonds. The zero-order valence-electron chi connectivity index (χ0n) is 12.3. The predicted octanol–water partition coefficient (Wildman–Crippen LogP) is 4.41. The van der Waals surface area contributed by atoms with Crippen molar-refractivity contribution in [3.8, 4) is 6.07 Å². The monoisotopic (exact) mass is 368 g/mol. The van der Waals surface area contributed by atoms with Gasteiger partial charge in [0.2, 0.25) is 0 Å². The Bertz CT molecular complexity index is 823. The minimum atomic E-state index is -3.87. The summed E-state index contributed by atoms with van der Waals surface area (Å²) in [4.78, 5) is -0.00600. The van der Waals surface area contributed by atoms with E-state index in [1.165, 1.54) is 22.5 Å². The summed E-state index contributed by atoms with van der Waals surface area (Å²) in [5.74, 6) is 0. The molecule has 0 unspecified atom stereocenters. The second-order valence-corrected chi connectivity index (χ2v) is 7.66. The molecule has 0 atom stereocenters. The van der Waals surface area contributed by atoms with Crippen LogP contribution in [0.3, 0.4) is 0 Å². The van der Waals surface area contributed by atoms with Crippen LogP contribution in [0.5, 0.6) is 0 Å². The van der Waals surface area contributed by atoms with E-state index >= 15 is 0 Å². The number of benzene rings is 2. The van der Waals surface area contributed by atoms with Gasteiger partial charge in [0.05, 0.1) is 23.1 Å². The normalized spacial score (nSPS) is 11.0. The Morgan fingerprint density at radius 1 is 1.09 bits per heavy atom. The van der Waals surface area contributed by atoms with Crippen LogP contribution in [0.1, 0.15) is 12.0 Å². The molecule has 2 rings (SSSR count). The maximum Gasteiger partial charge on any atom is 0.264 e. The molecule has 2 aromatic rings. The van der Waals surface area contributed by atoms with Crippen LogP contribution in [0.25, 0.3) is 0 Å². The van der Waals surface area contributed by atoms with Crippen LogP contribution in [-0.4, -0.2) is 15.0 Å². The van der Waals surface area contributed by atoms with Gasteiger partial charge in [0, 0.05) is 16.6 Å². The number of hydrogen-bond acceptors (Lipinski definition) is 3. The van der Waals surface area contributed by atoms with Gasteiger partial charge < -0.3 is 0 Å². The highest BCUT2D eigenvalue weighted by molar-refractivity contribution is 7.92. The van der Waals surface area contributed by atoms with Gasteiger partial charge in [-0.1, -0.05) is 40.9 Å². The fraction of sp³-hybridized carbons (Fsp3) is 0.188. The van der Waals surface area contributed by atoms with Gasteiger partial charge in [-0.3, -0.25) is 4.31 Å². The Balaban J connectivity index is 2.52. The number of anilines is 1. The predicted molar refractivity (Wildman–Crippen MR) is 92.4 cm³/mol. The van der Waals surface area contributed by atoms with Crippen molar-refractivity contribution >= 4 is 38.9 Å². The van der Waals surface area contributed by atoms with Gasteiger partial charge in [0.25, 0.3) is 10.0 Å². The molecule has 7 heteroatoms. The van der Waals surface area contributed by atoms with Crippen molar-refractivity contribution in [1.82, 2.24) is 0 Å². The van der Waals surface area contributed by atoms with Crippen molar-refractivity contribution in [3.63, 3.8) is 0 Å². The second kappa shape index (κ2) is 7.22. The Labute approximate surface area is 145 Å². The molecule has 0 spiro atoms. The molecule has 0 saturated carbocycles. The summed E-state index contributed by atoms with van der Waals surface area (Å²) in [6.45, 7) is 1.96. The van der Waals surface area contributed by atoms with E-state index in [9.17, 15) is 8.42 Å². The molecule has 0 aliphatic rings. The van der Waals surface area contributed by atoms with Gasteiger partial charge >= 0.3 is 0 Å². The van der Waals surface area contributed by atoms with Crippen LogP contribution in [0.15, 0.2) is 47.4 Å². The minimum absolute atomic E-state index is 0.00600. The number of halogens is 2. The molecule has 0 radical (unpaired) electrons. The molecule has 120 valence electrons. The fourth-order valence-corrected chi connectivity index (χ4v) is 4.25. The van der Waals surface area contributed by atoms with Crippen LogP contribution >= 0.6 is 23.2 Å². The quantitative estimate of drug-likeness (QED) is 0.784. The van der Waals surface area contributed by atoms with E-state index in [0.717, 1.165) is 5.56 Å². The van der Waals surface area contributed by atoms with Crippen LogP contribution in [0, 0.1) is 18.3 Å². The molecule has 0 saturated heterocycles. The lowest BCUT2D eigenvalue weighted by Gasteiger charge is -2.24. The lowest BCUT2D eigenvalue weighted by atomic mass is 10.2. The van der Waals surface area contributed by atoms with Crippen LogP contribution in [0.4, 0.5) is 5.69 Å². The second-order valence-electron chi connectivity index (χ2n) is 4.93. The summed E-state index contributed by atoms with van der Waals surface area (Å²) < 4.78 is 27.0. The zero-order valence-corrected chi connectivity index (χ0v) is 14.7. The highest BCUT2D eigenvalue weighted by atomic mass is 35.5. The third kappa shape index (κ3) is 4.17. The van der Waals surface area contributed by atoms with Crippen LogP contribution < -0.4 is 4.31 Å². The standard InChI is InChI=1S/C16H14Cl2N2O2S/c1-12-3-5-15(6-4-12)20(8-2-7-19)23(21,22)16-10-13(17)9-14(18)11-16/h3-6,9-11H,2,8H2,1H3. The number of sulfonamides is 1. The van der Waals surface area contributed by atoms with Crippen molar-refractivity contribution in [2.75, 3.05) is 10.8 Å². The third-order valence-corrected chi connectivity index (χ3v) is 5.41. The summed E-state index contributed by atoms with van der Waals surface area (Å²) in [6, 6.07) is 13.2. The first-order valence-electron chi connectivity index (χ1n) is 6.77. The highest BCUT2D eigenvalue weighted by Gasteiger charge is 2.25. The molecule has 0 aromatic heterocycles. The van der Waals surface area contributed by atoms with Gasteiger partial charge in [0.15, 0.2) is 0 Å². The molecule has 0 aliphatic carbocycles. The summed E-state index contributed by atoms with van der Waals surface area (Å²) in [7, 11) is -3.87.